The highest BCUT2D eigenvalue weighted by molar-refractivity contribution is 7.80. The van der Waals surface area contributed by atoms with Crippen LogP contribution in [0.2, 0.25) is 0 Å². The van der Waals surface area contributed by atoms with Gasteiger partial charge in [-0.25, -0.2) is 0 Å². The molecule has 0 aromatic heterocycles. The minimum atomic E-state index is 0.861. The van der Waals surface area contributed by atoms with Crippen LogP contribution < -0.4 is 10.6 Å². The molecule has 0 aliphatic heterocycles. The Balaban J connectivity index is 2.82. The maximum atomic E-state index is 4.77. The number of thiocarbonyl (C=S) groups is 1. The average molecular weight is 132 g/mol. The molecule has 0 amide bonds. The molecule has 0 rings (SSSR count). The number of hydrogen-bond donors (Lipinski definition) is 2. The molecule has 0 saturated carbocycles. The first kappa shape index (κ1) is 7.85. The first-order valence-electron chi connectivity index (χ1n) is 2.66. The molecule has 0 saturated heterocycles. The zero-order valence-corrected chi connectivity index (χ0v) is 6.14. The average Bonchev–Trinajstić information content (AvgIpc) is 1.66. The van der Waals surface area contributed by atoms with Crippen LogP contribution in [0.1, 0.15) is 6.92 Å². The second-order valence-corrected chi connectivity index (χ2v) is 2.20. The van der Waals surface area contributed by atoms with Crippen molar-refractivity contribution in [2.24, 2.45) is 0 Å². The summed E-state index contributed by atoms with van der Waals surface area (Å²) in [5.74, 6) is 0. The van der Waals surface area contributed by atoms with Gasteiger partial charge in [0, 0.05) is 13.1 Å². The zero-order chi connectivity index (χ0) is 6.41. The molecular weight excluding hydrogens is 120 g/mol. The van der Waals surface area contributed by atoms with E-state index in [0.717, 1.165) is 18.1 Å². The largest absolute Gasteiger partial charge is 0.379 e. The minimum Gasteiger partial charge on any atom is -0.379 e. The second-order valence-electron chi connectivity index (χ2n) is 1.59. The molecule has 0 aromatic carbocycles. The molecule has 0 fully saturated rings. The van der Waals surface area contributed by atoms with Gasteiger partial charge in [-0.15, -0.1) is 0 Å². The van der Waals surface area contributed by atoms with Gasteiger partial charge in [0.05, 0.1) is 4.99 Å². The Hall–Kier alpha value is -0.150. The summed E-state index contributed by atoms with van der Waals surface area (Å²) < 4.78 is 0. The maximum Gasteiger partial charge on any atom is 0.0722 e. The lowest BCUT2D eigenvalue weighted by atomic mass is 10.6. The van der Waals surface area contributed by atoms with Crippen molar-refractivity contribution in [3.8, 4) is 0 Å². The van der Waals surface area contributed by atoms with Gasteiger partial charge in [-0.05, 0) is 14.0 Å². The van der Waals surface area contributed by atoms with E-state index in [1.54, 1.807) is 0 Å². The molecule has 0 unspecified atom stereocenters. The lowest BCUT2D eigenvalue weighted by Gasteiger charge is -2.00. The van der Waals surface area contributed by atoms with Crippen molar-refractivity contribution in [2.75, 3.05) is 20.1 Å². The van der Waals surface area contributed by atoms with Crippen molar-refractivity contribution in [1.82, 2.24) is 10.6 Å². The van der Waals surface area contributed by atoms with E-state index in [-0.39, 0.29) is 0 Å². The molecule has 2 N–H and O–H groups in total. The molecule has 0 aromatic rings. The monoisotopic (exact) mass is 132 g/mol. The molecule has 0 spiro atoms. The van der Waals surface area contributed by atoms with Crippen molar-refractivity contribution in [3.63, 3.8) is 0 Å². The second kappa shape index (κ2) is 5.00. The number of likely N-dealkylation sites (N-methyl/N-ethyl adjacent to an activating group) is 1. The quantitative estimate of drug-likeness (QED) is 0.422. The lowest BCUT2D eigenvalue weighted by molar-refractivity contribution is 0.760. The van der Waals surface area contributed by atoms with Gasteiger partial charge < -0.3 is 10.6 Å². The van der Waals surface area contributed by atoms with Crippen LogP contribution in [-0.2, 0) is 0 Å². The van der Waals surface area contributed by atoms with Crippen molar-refractivity contribution < 1.29 is 0 Å². The van der Waals surface area contributed by atoms with Crippen LogP contribution in [0.5, 0.6) is 0 Å². The smallest absolute Gasteiger partial charge is 0.0722 e. The molecule has 0 atom stereocenters. The highest BCUT2D eigenvalue weighted by Crippen LogP contribution is 1.63. The SMILES string of the molecule is CNCCNC(C)=S. The fourth-order valence-electron chi connectivity index (χ4n) is 0.364. The van der Waals surface area contributed by atoms with Crippen molar-refractivity contribution >= 4 is 17.2 Å². The summed E-state index contributed by atoms with van der Waals surface area (Å²) in [6, 6.07) is 0. The van der Waals surface area contributed by atoms with Crippen LogP contribution >= 0.6 is 12.2 Å². The molecule has 48 valence electrons. The Morgan fingerprint density at radius 3 is 2.50 bits per heavy atom. The van der Waals surface area contributed by atoms with Crippen LogP contribution in [0.4, 0.5) is 0 Å². The van der Waals surface area contributed by atoms with Crippen LogP contribution in [0.15, 0.2) is 0 Å². The van der Waals surface area contributed by atoms with Gasteiger partial charge in [0.1, 0.15) is 0 Å². The molecule has 0 heterocycles. The number of nitrogens with one attached hydrogen (secondary N) is 2. The highest BCUT2D eigenvalue weighted by Gasteiger charge is 1.81. The Morgan fingerprint density at radius 1 is 1.50 bits per heavy atom. The summed E-state index contributed by atoms with van der Waals surface area (Å²) in [6.45, 7) is 3.77. The first-order valence-corrected chi connectivity index (χ1v) is 3.07. The zero-order valence-electron chi connectivity index (χ0n) is 5.32. The summed E-state index contributed by atoms with van der Waals surface area (Å²) >= 11 is 4.77. The standard InChI is InChI=1S/C5H12N2S/c1-5(8)7-4-3-6-2/h6H,3-4H2,1-2H3,(H,7,8). The Morgan fingerprint density at radius 2 is 2.12 bits per heavy atom. The molecule has 8 heavy (non-hydrogen) atoms. The fraction of sp³-hybridized carbons (Fsp3) is 0.800. The third-order valence-electron chi connectivity index (χ3n) is 0.749. The van der Waals surface area contributed by atoms with Crippen molar-refractivity contribution in [2.45, 2.75) is 6.92 Å². The summed E-state index contributed by atoms with van der Waals surface area (Å²) in [6.07, 6.45) is 0. The van der Waals surface area contributed by atoms with Gasteiger partial charge >= 0.3 is 0 Å². The molecular formula is C5H12N2S. The Labute approximate surface area is 55.7 Å². The van der Waals surface area contributed by atoms with Crippen molar-refractivity contribution in [1.29, 1.82) is 0 Å². The minimum absolute atomic E-state index is 0.861. The van der Waals surface area contributed by atoms with Gasteiger partial charge in [-0.1, -0.05) is 12.2 Å². The van der Waals surface area contributed by atoms with Crippen LogP contribution in [0.25, 0.3) is 0 Å². The summed E-state index contributed by atoms with van der Waals surface area (Å²) in [7, 11) is 1.92. The van der Waals surface area contributed by atoms with Gasteiger partial charge in [-0.3, -0.25) is 0 Å². The molecule has 0 aliphatic carbocycles. The maximum absolute atomic E-state index is 4.77. The van der Waals surface area contributed by atoms with Crippen LogP contribution in [0.3, 0.4) is 0 Å². The first-order chi connectivity index (χ1) is 3.77. The summed E-state index contributed by atoms with van der Waals surface area (Å²) in [4.78, 5) is 0.861. The Kier molecular flexibility index (Phi) is 4.90. The van der Waals surface area contributed by atoms with E-state index in [1.807, 2.05) is 14.0 Å². The van der Waals surface area contributed by atoms with Crippen LogP contribution in [-0.4, -0.2) is 25.1 Å². The molecule has 2 nitrogen and oxygen atoms in total. The van der Waals surface area contributed by atoms with Gasteiger partial charge in [0.2, 0.25) is 0 Å². The number of hydrogen-bond acceptors (Lipinski definition) is 2. The molecule has 3 heteroatoms. The van der Waals surface area contributed by atoms with Gasteiger partial charge in [0.25, 0.3) is 0 Å². The van der Waals surface area contributed by atoms with E-state index >= 15 is 0 Å². The summed E-state index contributed by atoms with van der Waals surface area (Å²) in [5, 5.41) is 6.02. The van der Waals surface area contributed by atoms with Gasteiger partial charge in [-0.2, -0.15) is 0 Å². The fourth-order valence-corrected chi connectivity index (χ4v) is 0.466. The lowest BCUT2D eigenvalue weighted by Crippen LogP contribution is -2.27. The van der Waals surface area contributed by atoms with Crippen LogP contribution in [0, 0.1) is 0 Å². The van der Waals surface area contributed by atoms with E-state index in [2.05, 4.69) is 10.6 Å². The summed E-state index contributed by atoms with van der Waals surface area (Å²) in [5.41, 5.74) is 0. The van der Waals surface area contributed by atoms with E-state index < -0.39 is 0 Å². The van der Waals surface area contributed by atoms with E-state index in [9.17, 15) is 0 Å². The molecule has 0 aliphatic rings. The van der Waals surface area contributed by atoms with Gasteiger partial charge in [0.15, 0.2) is 0 Å². The highest BCUT2D eigenvalue weighted by atomic mass is 32.1. The predicted molar refractivity (Wildman–Crippen MR) is 40.2 cm³/mol. The van der Waals surface area contributed by atoms with E-state index in [1.165, 1.54) is 0 Å². The molecule has 0 radical (unpaired) electrons. The third kappa shape index (κ3) is 5.85. The predicted octanol–water partition coefficient (Wildman–Crippen LogP) is 0.143. The third-order valence-corrected chi connectivity index (χ3v) is 0.893. The number of rotatable bonds is 3. The van der Waals surface area contributed by atoms with Crippen molar-refractivity contribution in [3.05, 3.63) is 0 Å². The topological polar surface area (TPSA) is 24.1 Å². The normalized spacial score (nSPS) is 8.75. The van der Waals surface area contributed by atoms with E-state index in [0.29, 0.717) is 0 Å². The Bertz CT molecular complexity index is 72.8. The molecule has 0 bridgehead atoms. The van der Waals surface area contributed by atoms with E-state index in [4.69, 9.17) is 12.2 Å².